The van der Waals surface area contributed by atoms with Gasteiger partial charge in [0.15, 0.2) is 0 Å². The Hall–Kier alpha value is -1.56. The molecule has 0 spiro atoms. The van der Waals surface area contributed by atoms with E-state index in [-0.39, 0.29) is 18.0 Å². The molecule has 0 radical (unpaired) electrons. The average Bonchev–Trinajstić information content (AvgIpc) is 2.96. The monoisotopic (exact) mass is 338 g/mol. The van der Waals surface area contributed by atoms with Crippen LogP contribution in [0.5, 0.6) is 0 Å². The van der Waals surface area contributed by atoms with Gasteiger partial charge in [-0.2, -0.15) is 11.3 Å². The van der Waals surface area contributed by atoms with E-state index in [0.717, 1.165) is 24.8 Å². The van der Waals surface area contributed by atoms with Gasteiger partial charge in [0, 0.05) is 13.1 Å². The molecule has 1 aromatic rings. The standard InChI is InChI=1S/C17H26N2O3S/c1-17(2,3)22-16(21)19-8-5-4-6-14(19)11-18-15(20)10-13-7-9-23-12-13/h7,9,12,14H,4-6,8,10-11H2,1-3H3,(H,18,20). The molecule has 1 atom stereocenters. The van der Waals surface area contributed by atoms with E-state index in [1.165, 1.54) is 0 Å². The van der Waals surface area contributed by atoms with E-state index in [2.05, 4.69) is 5.32 Å². The van der Waals surface area contributed by atoms with Gasteiger partial charge in [0.1, 0.15) is 5.60 Å². The highest BCUT2D eigenvalue weighted by molar-refractivity contribution is 7.07. The molecule has 6 heteroatoms. The van der Waals surface area contributed by atoms with Crippen LogP contribution in [0.25, 0.3) is 0 Å². The van der Waals surface area contributed by atoms with Gasteiger partial charge in [0.05, 0.1) is 12.5 Å². The maximum atomic E-state index is 12.3. The van der Waals surface area contributed by atoms with E-state index < -0.39 is 5.60 Å². The fraction of sp³-hybridized carbons (Fsp3) is 0.647. The first-order valence-corrected chi connectivity index (χ1v) is 9.07. The van der Waals surface area contributed by atoms with Gasteiger partial charge in [0.2, 0.25) is 5.91 Å². The third-order valence-electron chi connectivity index (χ3n) is 3.73. The zero-order chi connectivity index (χ0) is 16.9. The van der Waals surface area contributed by atoms with Crippen LogP contribution in [-0.4, -0.2) is 41.6 Å². The molecule has 0 bridgehead atoms. The van der Waals surface area contributed by atoms with Crippen LogP contribution < -0.4 is 5.32 Å². The fourth-order valence-corrected chi connectivity index (χ4v) is 3.32. The lowest BCUT2D eigenvalue weighted by molar-refractivity contribution is -0.120. The first kappa shape index (κ1) is 17.8. The predicted octanol–water partition coefficient (Wildman–Crippen LogP) is 3.20. The summed E-state index contributed by atoms with van der Waals surface area (Å²) in [5, 5.41) is 6.90. The van der Waals surface area contributed by atoms with E-state index >= 15 is 0 Å². The Kier molecular flexibility index (Phi) is 6.04. The van der Waals surface area contributed by atoms with E-state index in [0.29, 0.717) is 19.5 Å². The second kappa shape index (κ2) is 7.81. The smallest absolute Gasteiger partial charge is 0.410 e. The SMILES string of the molecule is CC(C)(C)OC(=O)N1CCCCC1CNC(=O)Cc1ccsc1. The number of hydrogen-bond acceptors (Lipinski definition) is 4. The Bertz CT molecular complexity index is 522. The number of nitrogens with one attached hydrogen (secondary N) is 1. The summed E-state index contributed by atoms with van der Waals surface area (Å²) in [5.41, 5.74) is 0.529. The molecule has 128 valence electrons. The number of piperidine rings is 1. The zero-order valence-corrected chi connectivity index (χ0v) is 14.9. The van der Waals surface area contributed by atoms with Gasteiger partial charge in [-0.3, -0.25) is 4.79 Å². The van der Waals surface area contributed by atoms with Crippen LogP contribution in [-0.2, 0) is 16.0 Å². The molecule has 5 nitrogen and oxygen atoms in total. The lowest BCUT2D eigenvalue weighted by Crippen LogP contribution is -2.51. The van der Waals surface area contributed by atoms with Crippen molar-refractivity contribution in [2.45, 2.75) is 58.1 Å². The molecule has 2 heterocycles. The van der Waals surface area contributed by atoms with Gasteiger partial charge in [-0.15, -0.1) is 0 Å². The molecule has 1 fully saturated rings. The van der Waals surface area contributed by atoms with Crippen molar-refractivity contribution in [3.63, 3.8) is 0 Å². The van der Waals surface area contributed by atoms with Crippen molar-refractivity contribution in [2.24, 2.45) is 0 Å². The van der Waals surface area contributed by atoms with Crippen molar-refractivity contribution < 1.29 is 14.3 Å². The summed E-state index contributed by atoms with van der Waals surface area (Å²) in [6, 6.07) is 1.97. The molecule has 1 aromatic heterocycles. The van der Waals surface area contributed by atoms with Crippen LogP contribution in [0, 0.1) is 0 Å². The summed E-state index contributed by atoms with van der Waals surface area (Å²) < 4.78 is 5.48. The quantitative estimate of drug-likeness (QED) is 0.917. The van der Waals surface area contributed by atoms with E-state index in [9.17, 15) is 9.59 Å². The minimum Gasteiger partial charge on any atom is -0.444 e. The molecular weight excluding hydrogens is 312 g/mol. The summed E-state index contributed by atoms with van der Waals surface area (Å²) in [7, 11) is 0. The summed E-state index contributed by atoms with van der Waals surface area (Å²) in [5.74, 6) is -0.00175. The van der Waals surface area contributed by atoms with Crippen molar-refractivity contribution >= 4 is 23.3 Å². The first-order valence-electron chi connectivity index (χ1n) is 8.12. The van der Waals surface area contributed by atoms with E-state index in [4.69, 9.17) is 4.74 Å². The number of carbonyl (C=O) groups excluding carboxylic acids is 2. The largest absolute Gasteiger partial charge is 0.444 e. The maximum absolute atomic E-state index is 12.3. The molecule has 0 aliphatic carbocycles. The van der Waals surface area contributed by atoms with Gasteiger partial charge in [-0.25, -0.2) is 4.79 Å². The van der Waals surface area contributed by atoms with Crippen LogP contribution in [0.2, 0.25) is 0 Å². The Labute approximate surface area is 142 Å². The summed E-state index contributed by atoms with van der Waals surface area (Å²) >= 11 is 1.59. The highest BCUT2D eigenvalue weighted by Gasteiger charge is 2.30. The molecule has 1 aliphatic heterocycles. The van der Waals surface area contributed by atoms with Crippen molar-refractivity contribution in [1.29, 1.82) is 0 Å². The second-order valence-corrected chi connectivity index (χ2v) is 7.72. The zero-order valence-electron chi connectivity index (χ0n) is 14.1. The molecule has 0 aromatic carbocycles. The van der Waals surface area contributed by atoms with Crippen LogP contribution in [0.15, 0.2) is 16.8 Å². The summed E-state index contributed by atoms with van der Waals surface area (Å²) in [4.78, 5) is 26.1. The van der Waals surface area contributed by atoms with Crippen LogP contribution in [0.4, 0.5) is 4.79 Å². The lowest BCUT2D eigenvalue weighted by atomic mass is 10.0. The Balaban J connectivity index is 1.85. The van der Waals surface area contributed by atoms with Crippen molar-refractivity contribution in [2.75, 3.05) is 13.1 Å². The topological polar surface area (TPSA) is 58.6 Å². The van der Waals surface area contributed by atoms with Crippen LogP contribution in [0.1, 0.15) is 45.6 Å². The van der Waals surface area contributed by atoms with E-state index in [1.54, 1.807) is 16.2 Å². The lowest BCUT2D eigenvalue weighted by Gasteiger charge is -2.36. The predicted molar refractivity (Wildman–Crippen MR) is 91.6 cm³/mol. The van der Waals surface area contributed by atoms with Gasteiger partial charge in [-0.1, -0.05) is 0 Å². The Morgan fingerprint density at radius 3 is 2.83 bits per heavy atom. The number of thiophene rings is 1. The van der Waals surface area contributed by atoms with Crippen molar-refractivity contribution in [1.82, 2.24) is 10.2 Å². The van der Waals surface area contributed by atoms with E-state index in [1.807, 2.05) is 37.6 Å². The number of rotatable bonds is 4. The number of carbonyl (C=O) groups is 2. The molecule has 1 aliphatic rings. The number of hydrogen-bond donors (Lipinski definition) is 1. The highest BCUT2D eigenvalue weighted by atomic mass is 32.1. The van der Waals surface area contributed by atoms with Crippen LogP contribution in [0.3, 0.4) is 0 Å². The summed E-state index contributed by atoms with van der Waals surface area (Å²) in [6.45, 7) is 6.79. The number of nitrogens with zero attached hydrogens (tertiary/aromatic N) is 1. The molecule has 23 heavy (non-hydrogen) atoms. The van der Waals surface area contributed by atoms with Crippen LogP contribution >= 0.6 is 11.3 Å². The maximum Gasteiger partial charge on any atom is 0.410 e. The fourth-order valence-electron chi connectivity index (χ4n) is 2.65. The number of likely N-dealkylation sites (tertiary alicyclic amines) is 1. The molecule has 1 saturated heterocycles. The van der Waals surface area contributed by atoms with Crippen molar-refractivity contribution in [3.05, 3.63) is 22.4 Å². The Morgan fingerprint density at radius 2 is 2.17 bits per heavy atom. The molecule has 1 unspecified atom stereocenters. The highest BCUT2D eigenvalue weighted by Crippen LogP contribution is 2.20. The molecule has 1 N–H and O–H groups in total. The minimum absolute atomic E-state index is 0.00175. The molecular formula is C17H26N2O3S. The molecule has 2 rings (SSSR count). The minimum atomic E-state index is -0.499. The number of amides is 2. The summed E-state index contributed by atoms with van der Waals surface area (Å²) in [6.07, 6.45) is 3.07. The van der Waals surface area contributed by atoms with Gasteiger partial charge in [0.25, 0.3) is 0 Å². The number of ether oxygens (including phenoxy) is 1. The average molecular weight is 338 g/mol. The third kappa shape index (κ3) is 5.86. The Morgan fingerprint density at radius 1 is 1.39 bits per heavy atom. The molecule has 0 saturated carbocycles. The first-order chi connectivity index (χ1) is 10.8. The molecule has 2 amide bonds. The van der Waals surface area contributed by atoms with Gasteiger partial charge < -0.3 is 15.0 Å². The van der Waals surface area contributed by atoms with Crippen molar-refractivity contribution in [3.8, 4) is 0 Å². The van der Waals surface area contributed by atoms with Gasteiger partial charge in [-0.05, 0) is 62.4 Å². The second-order valence-electron chi connectivity index (χ2n) is 6.94. The normalized spacial score (nSPS) is 18.6. The van der Waals surface area contributed by atoms with Gasteiger partial charge >= 0.3 is 6.09 Å². The third-order valence-corrected chi connectivity index (χ3v) is 4.47.